The molecule has 0 N–H and O–H groups in total. The summed E-state index contributed by atoms with van der Waals surface area (Å²) in [7, 11) is 0. The van der Waals surface area contributed by atoms with Gasteiger partial charge >= 0.3 is 0 Å². The van der Waals surface area contributed by atoms with Crippen LogP contribution in [-0.4, -0.2) is 9.78 Å². The van der Waals surface area contributed by atoms with Crippen molar-refractivity contribution in [2.45, 2.75) is 13.2 Å². The van der Waals surface area contributed by atoms with E-state index in [0.717, 1.165) is 11.1 Å². The first kappa shape index (κ1) is 16.4. The van der Waals surface area contributed by atoms with Crippen molar-refractivity contribution in [3.8, 4) is 5.75 Å². The number of hydrogen-bond donors (Lipinski definition) is 0. The monoisotopic (exact) mass is 388 g/mol. The summed E-state index contributed by atoms with van der Waals surface area (Å²) in [6.07, 6.45) is 1.50. The van der Waals surface area contributed by atoms with Gasteiger partial charge in [-0.3, -0.25) is 4.79 Å². The second kappa shape index (κ2) is 7.40. The number of aromatic nitrogens is 2. The molecule has 0 unspecified atom stereocenters. The molecular weight excluding hydrogens is 375 g/mol. The molecule has 2 aromatic carbocycles. The van der Waals surface area contributed by atoms with Crippen LogP contribution in [0.2, 0.25) is 0 Å². The molecule has 6 heteroatoms. The number of rotatable bonds is 5. The van der Waals surface area contributed by atoms with Crippen LogP contribution >= 0.6 is 15.9 Å². The van der Waals surface area contributed by atoms with Gasteiger partial charge in [-0.25, -0.2) is 9.07 Å². The van der Waals surface area contributed by atoms with Crippen LogP contribution in [0.4, 0.5) is 4.39 Å². The smallest absolute Gasteiger partial charge is 0.285 e. The molecule has 0 amide bonds. The highest BCUT2D eigenvalue weighted by molar-refractivity contribution is 9.10. The van der Waals surface area contributed by atoms with E-state index < -0.39 is 0 Å². The summed E-state index contributed by atoms with van der Waals surface area (Å²) >= 11 is 3.27. The third-order valence-electron chi connectivity index (χ3n) is 3.44. The number of hydrogen-bond acceptors (Lipinski definition) is 3. The number of halogens is 2. The van der Waals surface area contributed by atoms with Gasteiger partial charge in [0.1, 0.15) is 16.9 Å². The van der Waals surface area contributed by atoms with Gasteiger partial charge in [0.2, 0.25) is 0 Å². The van der Waals surface area contributed by atoms with Crippen LogP contribution in [0, 0.1) is 5.82 Å². The van der Waals surface area contributed by atoms with Gasteiger partial charge in [-0.2, -0.15) is 5.10 Å². The normalized spacial score (nSPS) is 10.6. The molecule has 0 aliphatic carbocycles. The fraction of sp³-hybridized carbons (Fsp3) is 0.111. The molecule has 0 fully saturated rings. The Bertz CT molecular complexity index is 880. The minimum absolute atomic E-state index is 0.225. The molecular formula is C18H14BrFN2O2. The Kier molecular flexibility index (Phi) is 5.05. The summed E-state index contributed by atoms with van der Waals surface area (Å²) in [6.45, 7) is 0.610. The molecule has 0 aliphatic heterocycles. The van der Waals surface area contributed by atoms with Gasteiger partial charge in [0.05, 0.1) is 12.7 Å². The molecule has 0 radical (unpaired) electrons. The second-order valence-electron chi connectivity index (χ2n) is 5.19. The Morgan fingerprint density at radius 2 is 1.75 bits per heavy atom. The van der Waals surface area contributed by atoms with E-state index in [0.29, 0.717) is 16.8 Å². The summed E-state index contributed by atoms with van der Waals surface area (Å²) in [5.41, 5.74) is 1.52. The number of nitrogens with zero attached hydrogens (tertiary/aromatic N) is 2. The van der Waals surface area contributed by atoms with Crippen molar-refractivity contribution in [1.82, 2.24) is 9.78 Å². The summed E-state index contributed by atoms with van der Waals surface area (Å²) in [4.78, 5) is 12.4. The average molecular weight is 389 g/mol. The average Bonchev–Trinajstić information content (AvgIpc) is 2.61. The predicted octanol–water partition coefficient (Wildman–Crippen LogP) is 3.77. The highest BCUT2D eigenvalue weighted by Gasteiger charge is 2.10. The maximum absolute atomic E-state index is 12.9. The first-order chi connectivity index (χ1) is 11.6. The van der Waals surface area contributed by atoms with E-state index >= 15 is 0 Å². The first-order valence-electron chi connectivity index (χ1n) is 7.30. The molecule has 1 aromatic heterocycles. The van der Waals surface area contributed by atoms with Gasteiger partial charge in [-0.05, 0) is 39.2 Å². The van der Waals surface area contributed by atoms with Crippen LogP contribution in [0.25, 0.3) is 0 Å². The Morgan fingerprint density at radius 1 is 1.04 bits per heavy atom. The first-order valence-corrected chi connectivity index (χ1v) is 8.09. The molecule has 0 atom stereocenters. The van der Waals surface area contributed by atoms with Gasteiger partial charge in [0.25, 0.3) is 5.56 Å². The lowest BCUT2D eigenvalue weighted by Crippen LogP contribution is -2.24. The largest absolute Gasteiger partial charge is 0.486 e. The Hall–Kier alpha value is -2.47. The van der Waals surface area contributed by atoms with E-state index in [1.807, 2.05) is 30.3 Å². The zero-order valence-corrected chi connectivity index (χ0v) is 14.2. The van der Waals surface area contributed by atoms with Gasteiger partial charge in [-0.1, -0.05) is 42.5 Å². The zero-order valence-electron chi connectivity index (χ0n) is 12.7. The highest BCUT2D eigenvalue weighted by Crippen LogP contribution is 2.20. The minimum Gasteiger partial charge on any atom is -0.486 e. The van der Waals surface area contributed by atoms with E-state index in [4.69, 9.17) is 4.74 Å². The van der Waals surface area contributed by atoms with Crippen LogP contribution in [0.5, 0.6) is 5.75 Å². The molecule has 3 rings (SSSR count). The third-order valence-corrected chi connectivity index (χ3v) is 4.17. The van der Waals surface area contributed by atoms with Crippen LogP contribution < -0.4 is 10.3 Å². The minimum atomic E-state index is -0.301. The third kappa shape index (κ3) is 3.89. The van der Waals surface area contributed by atoms with E-state index in [2.05, 4.69) is 21.0 Å². The summed E-state index contributed by atoms with van der Waals surface area (Å²) in [6, 6.07) is 15.6. The van der Waals surface area contributed by atoms with Gasteiger partial charge in [0, 0.05) is 0 Å². The van der Waals surface area contributed by atoms with Crippen LogP contribution in [0.15, 0.2) is 70.1 Å². The van der Waals surface area contributed by atoms with Crippen molar-refractivity contribution in [3.05, 3.63) is 92.6 Å². The van der Waals surface area contributed by atoms with E-state index in [-0.39, 0.29) is 18.0 Å². The molecule has 24 heavy (non-hydrogen) atoms. The van der Waals surface area contributed by atoms with Crippen molar-refractivity contribution in [3.63, 3.8) is 0 Å². The molecule has 0 aliphatic rings. The Morgan fingerprint density at radius 3 is 2.46 bits per heavy atom. The molecule has 0 bridgehead atoms. The van der Waals surface area contributed by atoms with Crippen LogP contribution in [0.1, 0.15) is 11.1 Å². The Balaban J connectivity index is 1.75. The van der Waals surface area contributed by atoms with Gasteiger partial charge in [0.15, 0.2) is 5.75 Å². The maximum Gasteiger partial charge on any atom is 0.285 e. The lowest BCUT2D eigenvalue weighted by Gasteiger charge is -2.10. The van der Waals surface area contributed by atoms with Crippen LogP contribution in [0.3, 0.4) is 0 Å². The Labute approximate surface area is 146 Å². The fourth-order valence-corrected chi connectivity index (χ4v) is 2.58. The molecule has 0 saturated carbocycles. The molecule has 122 valence electrons. The molecule has 1 heterocycles. The predicted molar refractivity (Wildman–Crippen MR) is 92.5 cm³/mol. The summed E-state index contributed by atoms with van der Waals surface area (Å²) in [5, 5.41) is 4.15. The lowest BCUT2D eigenvalue weighted by molar-refractivity contribution is 0.299. The molecule has 4 nitrogen and oxygen atoms in total. The summed E-state index contributed by atoms with van der Waals surface area (Å²) in [5.74, 6) is 0.0544. The van der Waals surface area contributed by atoms with Crippen molar-refractivity contribution in [1.29, 1.82) is 0 Å². The molecule has 0 saturated heterocycles. The SMILES string of the molecule is O=c1c(Br)c(OCc2ccc(F)cc2)cnn1Cc1ccccc1. The van der Waals surface area contributed by atoms with E-state index in [1.165, 1.54) is 23.0 Å². The van der Waals surface area contributed by atoms with E-state index in [1.54, 1.807) is 12.1 Å². The van der Waals surface area contributed by atoms with Crippen LogP contribution in [-0.2, 0) is 13.2 Å². The van der Waals surface area contributed by atoms with Gasteiger partial charge in [-0.15, -0.1) is 0 Å². The zero-order chi connectivity index (χ0) is 16.9. The van der Waals surface area contributed by atoms with Crippen molar-refractivity contribution < 1.29 is 9.13 Å². The second-order valence-corrected chi connectivity index (χ2v) is 5.98. The van der Waals surface area contributed by atoms with Gasteiger partial charge < -0.3 is 4.74 Å². The van der Waals surface area contributed by atoms with E-state index in [9.17, 15) is 9.18 Å². The highest BCUT2D eigenvalue weighted by atomic mass is 79.9. The number of benzene rings is 2. The number of ether oxygens (including phenoxy) is 1. The lowest BCUT2D eigenvalue weighted by atomic mass is 10.2. The topological polar surface area (TPSA) is 44.1 Å². The molecule has 3 aromatic rings. The standard InChI is InChI=1S/C18H14BrFN2O2/c19-17-16(24-12-14-6-8-15(20)9-7-14)10-21-22(18(17)23)11-13-4-2-1-3-5-13/h1-10H,11-12H2. The van der Waals surface area contributed by atoms with Crippen molar-refractivity contribution in [2.24, 2.45) is 0 Å². The quantitative estimate of drug-likeness (QED) is 0.667. The molecule has 0 spiro atoms. The maximum atomic E-state index is 12.9. The fourth-order valence-electron chi connectivity index (χ4n) is 2.16. The van der Waals surface area contributed by atoms with Crippen molar-refractivity contribution in [2.75, 3.05) is 0 Å². The summed E-state index contributed by atoms with van der Waals surface area (Å²) < 4.78 is 20.2. The van der Waals surface area contributed by atoms with Crippen molar-refractivity contribution >= 4 is 15.9 Å².